The second-order valence-electron chi connectivity index (χ2n) is 4.72. The molecular formula is C16H13LiN2O3. The van der Waals surface area contributed by atoms with Crippen molar-refractivity contribution in [2.75, 3.05) is 0 Å². The second-order valence-corrected chi connectivity index (χ2v) is 4.72. The van der Waals surface area contributed by atoms with E-state index < -0.39 is 23.3 Å². The molecule has 2 aromatic rings. The van der Waals surface area contributed by atoms with Crippen LogP contribution < -0.4 is 10.6 Å². The van der Waals surface area contributed by atoms with E-state index in [-0.39, 0.29) is 18.9 Å². The Bertz CT molecular complexity index is 655. The summed E-state index contributed by atoms with van der Waals surface area (Å²) in [6.45, 7) is 0. The van der Waals surface area contributed by atoms with Crippen LogP contribution in [-0.2, 0) is 15.0 Å². The molecule has 0 atom stereocenters. The minimum absolute atomic E-state index is 0. The van der Waals surface area contributed by atoms with E-state index in [4.69, 9.17) is 0 Å². The van der Waals surface area contributed by atoms with Crippen LogP contribution in [0.5, 0.6) is 0 Å². The minimum atomic E-state index is -1.56. The normalized spacial score (nSPS) is 16.3. The van der Waals surface area contributed by atoms with Gasteiger partial charge < -0.3 is 0 Å². The first-order valence-corrected chi connectivity index (χ1v) is 6.43. The van der Waals surface area contributed by atoms with Gasteiger partial charge in [0.2, 0.25) is 0 Å². The van der Waals surface area contributed by atoms with Gasteiger partial charge in [0.1, 0.15) is 0 Å². The monoisotopic (exact) mass is 288 g/mol. The molecule has 1 heterocycles. The fraction of sp³-hybridized carbons (Fsp3) is 0.0625. The topological polar surface area (TPSA) is 75.3 Å². The van der Waals surface area contributed by atoms with E-state index in [1.54, 1.807) is 60.7 Å². The van der Waals surface area contributed by atoms with Gasteiger partial charge >= 0.3 is 24.9 Å². The third-order valence-corrected chi connectivity index (χ3v) is 3.55. The van der Waals surface area contributed by atoms with Gasteiger partial charge in [-0.1, -0.05) is 60.7 Å². The van der Waals surface area contributed by atoms with E-state index in [9.17, 15) is 14.4 Å². The number of nitrogens with one attached hydrogen (secondary N) is 2. The summed E-state index contributed by atoms with van der Waals surface area (Å²) >= 11 is 0. The number of carbonyl (C=O) groups excluding carboxylic acids is 3. The van der Waals surface area contributed by atoms with Crippen molar-refractivity contribution in [1.82, 2.24) is 10.6 Å². The zero-order valence-electron chi connectivity index (χ0n) is 11.0. The zero-order valence-corrected chi connectivity index (χ0v) is 11.0. The van der Waals surface area contributed by atoms with Gasteiger partial charge in [0.25, 0.3) is 11.8 Å². The van der Waals surface area contributed by atoms with Crippen molar-refractivity contribution in [3.8, 4) is 0 Å². The molecule has 1 saturated heterocycles. The summed E-state index contributed by atoms with van der Waals surface area (Å²) in [7, 11) is 0. The van der Waals surface area contributed by atoms with E-state index in [0.29, 0.717) is 11.1 Å². The van der Waals surface area contributed by atoms with Gasteiger partial charge in [-0.05, 0) is 11.1 Å². The van der Waals surface area contributed by atoms with Crippen molar-refractivity contribution >= 4 is 36.7 Å². The van der Waals surface area contributed by atoms with Crippen LogP contribution in [0.3, 0.4) is 0 Å². The van der Waals surface area contributed by atoms with Crippen LogP contribution in [0, 0.1) is 0 Å². The van der Waals surface area contributed by atoms with E-state index in [1.807, 2.05) is 0 Å². The molecule has 2 N–H and O–H groups in total. The molecule has 106 valence electrons. The average molecular weight is 288 g/mol. The summed E-state index contributed by atoms with van der Waals surface area (Å²) in [6, 6.07) is 16.6. The summed E-state index contributed by atoms with van der Waals surface area (Å²) in [5.74, 6) is -1.29. The van der Waals surface area contributed by atoms with Crippen LogP contribution in [-0.4, -0.2) is 36.7 Å². The molecule has 3 rings (SSSR count). The fourth-order valence-corrected chi connectivity index (χ4v) is 2.60. The second kappa shape index (κ2) is 6.18. The van der Waals surface area contributed by atoms with Crippen LogP contribution in [0.1, 0.15) is 11.1 Å². The third kappa shape index (κ3) is 2.35. The number of amides is 4. The van der Waals surface area contributed by atoms with Gasteiger partial charge in [0, 0.05) is 0 Å². The molecule has 6 heteroatoms. The molecular weight excluding hydrogens is 275 g/mol. The molecule has 0 saturated carbocycles. The first-order chi connectivity index (χ1) is 10.2. The molecule has 1 aliphatic heterocycles. The molecule has 5 nitrogen and oxygen atoms in total. The van der Waals surface area contributed by atoms with Crippen molar-refractivity contribution < 1.29 is 14.4 Å². The molecule has 0 bridgehead atoms. The van der Waals surface area contributed by atoms with Crippen molar-refractivity contribution in [2.45, 2.75) is 5.41 Å². The number of hydrogen-bond donors (Lipinski definition) is 2. The number of hydrogen-bond acceptors (Lipinski definition) is 3. The molecule has 0 aromatic heterocycles. The summed E-state index contributed by atoms with van der Waals surface area (Å²) < 4.78 is 0. The maximum atomic E-state index is 12.5. The summed E-state index contributed by atoms with van der Waals surface area (Å²) in [5.41, 5.74) is -0.534. The predicted octanol–water partition coefficient (Wildman–Crippen LogP) is 0.690. The van der Waals surface area contributed by atoms with Gasteiger partial charge in [0.05, 0.1) is 0 Å². The molecule has 0 radical (unpaired) electrons. The van der Waals surface area contributed by atoms with Crippen molar-refractivity contribution in [2.24, 2.45) is 0 Å². The number of rotatable bonds is 2. The zero-order chi connectivity index (χ0) is 14.9. The van der Waals surface area contributed by atoms with Crippen molar-refractivity contribution in [3.63, 3.8) is 0 Å². The molecule has 4 amide bonds. The van der Waals surface area contributed by atoms with Crippen molar-refractivity contribution in [3.05, 3.63) is 71.8 Å². The van der Waals surface area contributed by atoms with Crippen molar-refractivity contribution in [1.29, 1.82) is 0 Å². The van der Waals surface area contributed by atoms with Crippen LogP contribution in [0.25, 0.3) is 0 Å². The average Bonchev–Trinajstić information content (AvgIpc) is 2.49. The summed E-state index contributed by atoms with van der Waals surface area (Å²) in [6.07, 6.45) is 0. The maximum absolute atomic E-state index is 12.5. The molecule has 22 heavy (non-hydrogen) atoms. The van der Waals surface area contributed by atoms with E-state index in [0.717, 1.165) is 0 Å². The Hall–Kier alpha value is -2.35. The Morgan fingerprint density at radius 2 is 1.00 bits per heavy atom. The van der Waals surface area contributed by atoms with Gasteiger partial charge in [-0.3, -0.25) is 20.2 Å². The van der Waals surface area contributed by atoms with Gasteiger partial charge in [-0.2, -0.15) is 0 Å². The Morgan fingerprint density at radius 1 is 0.636 bits per heavy atom. The van der Waals surface area contributed by atoms with Crippen LogP contribution in [0.4, 0.5) is 4.79 Å². The number of barbiturate groups is 1. The standard InChI is InChI=1S/C16H12N2O3.Li.H/c19-13-16(11-7-3-1-4-8-11,12-9-5-2-6-10-12)14(20)18-15(21)17-13;;/h1-10H,(H2,17,18,19,20,21);;. The Balaban J connectivity index is 0.00000176. The third-order valence-electron chi connectivity index (χ3n) is 3.55. The number of imide groups is 2. The number of carbonyl (C=O) groups is 3. The first kappa shape index (κ1) is 16.0. The van der Waals surface area contributed by atoms with E-state index in [1.165, 1.54) is 0 Å². The van der Waals surface area contributed by atoms with E-state index in [2.05, 4.69) is 10.6 Å². The Morgan fingerprint density at radius 3 is 1.36 bits per heavy atom. The first-order valence-electron chi connectivity index (χ1n) is 6.43. The molecule has 0 unspecified atom stereocenters. The van der Waals surface area contributed by atoms with E-state index >= 15 is 0 Å². The fourth-order valence-electron chi connectivity index (χ4n) is 2.60. The molecule has 0 aliphatic carbocycles. The Kier molecular flexibility index (Phi) is 4.50. The molecule has 0 spiro atoms. The van der Waals surface area contributed by atoms with Gasteiger partial charge in [0.15, 0.2) is 5.41 Å². The van der Waals surface area contributed by atoms with Gasteiger partial charge in [-0.15, -0.1) is 0 Å². The SMILES string of the molecule is O=C1NC(=O)C(c2ccccc2)(c2ccccc2)C(=O)N1.[LiH]. The predicted molar refractivity (Wildman–Crippen MR) is 82.5 cm³/mol. The van der Waals surface area contributed by atoms with Crippen LogP contribution >= 0.6 is 0 Å². The number of urea groups is 1. The van der Waals surface area contributed by atoms with Gasteiger partial charge in [-0.25, -0.2) is 4.79 Å². The Labute approximate surface area is 139 Å². The molecule has 2 aromatic carbocycles. The summed E-state index contributed by atoms with van der Waals surface area (Å²) in [5, 5.41) is 4.38. The number of benzene rings is 2. The molecule has 1 aliphatic rings. The molecule has 1 fully saturated rings. The summed E-state index contributed by atoms with van der Waals surface area (Å²) in [4.78, 5) is 36.5. The van der Waals surface area contributed by atoms with Crippen LogP contribution in [0.2, 0.25) is 0 Å². The van der Waals surface area contributed by atoms with Crippen LogP contribution in [0.15, 0.2) is 60.7 Å². The quantitative estimate of drug-likeness (QED) is 0.630.